The van der Waals surface area contributed by atoms with E-state index in [2.05, 4.69) is 5.32 Å². The van der Waals surface area contributed by atoms with E-state index in [1.165, 1.54) is 6.26 Å². The van der Waals surface area contributed by atoms with E-state index >= 15 is 0 Å². The van der Waals surface area contributed by atoms with Crippen molar-refractivity contribution < 1.29 is 14.0 Å². The molecule has 0 unspecified atom stereocenters. The van der Waals surface area contributed by atoms with Crippen molar-refractivity contribution in [2.75, 3.05) is 18.4 Å². The number of nitrogens with one attached hydrogen (secondary N) is 1. The number of carbonyl (C=O) groups excluding carboxylic acids is 2. The summed E-state index contributed by atoms with van der Waals surface area (Å²) in [5, 5.41) is 2.72. The van der Waals surface area contributed by atoms with Gasteiger partial charge in [-0.25, -0.2) is 0 Å². The Labute approximate surface area is 122 Å². The average Bonchev–Trinajstić information content (AvgIpc) is 3.20. The van der Waals surface area contributed by atoms with Crippen LogP contribution in [0.4, 0.5) is 5.69 Å². The Balaban J connectivity index is 1.66. The lowest BCUT2D eigenvalue weighted by Gasteiger charge is -2.15. The van der Waals surface area contributed by atoms with E-state index < -0.39 is 0 Å². The molecule has 108 valence electrons. The fourth-order valence-electron chi connectivity index (χ4n) is 2.40. The lowest BCUT2D eigenvalue weighted by atomic mass is 10.2. The van der Waals surface area contributed by atoms with Crippen molar-refractivity contribution in [2.45, 2.75) is 12.8 Å². The third-order valence-corrected chi connectivity index (χ3v) is 3.53. The summed E-state index contributed by atoms with van der Waals surface area (Å²) in [6.45, 7) is 1.66. The maximum Gasteiger partial charge on any atom is 0.291 e. The summed E-state index contributed by atoms with van der Waals surface area (Å²) in [6, 6.07) is 10.2. The number of hydrogen-bond donors (Lipinski definition) is 1. The Bertz CT molecular complexity index is 626. The van der Waals surface area contributed by atoms with Gasteiger partial charge in [0.1, 0.15) is 0 Å². The van der Waals surface area contributed by atoms with Gasteiger partial charge in [0, 0.05) is 24.3 Å². The van der Waals surface area contributed by atoms with Gasteiger partial charge in [0.05, 0.1) is 6.26 Å². The highest BCUT2D eigenvalue weighted by Crippen LogP contribution is 2.16. The molecule has 0 radical (unpaired) electrons. The second-order valence-electron chi connectivity index (χ2n) is 5.01. The smallest absolute Gasteiger partial charge is 0.291 e. The summed E-state index contributed by atoms with van der Waals surface area (Å²) < 4.78 is 5.02. The van der Waals surface area contributed by atoms with E-state index in [1.807, 2.05) is 4.90 Å². The Morgan fingerprint density at radius 1 is 1.05 bits per heavy atom. The van der Waals surface area contributed by atoms with E-state index in [0.717, 1.165) is 25.9 Å². The van der Waals surface area contributed by atoms with Crippen LogP contribution in [0.25, 0.3) is 0 Å². The van der Waals surface area contributed by atoms with Gasteiger partial charge in [0.25, 0.3) is 11.8 Å². The van der Waals surface area contributed by atoms with Gasteiger partial charge < -0.3 is 14.6 Å². The zero-order valence-electron chi connectivity index (χ0n) is 11.5. The molecule has 1 saturated heterocycles. The predicted octanol–water partition coefficient (Wildman–Crippen LogP) is 2.77. The molecule has 0 saturated carbocycles. The van der Waals surface area contributed by atoms with E-state index in [1.54, 1.807) is 36.4 Å². The quantitative estimate of drug-likeness (QED) is 0.942. The molecule has 1 aliphatic heterocycles. The SMILES string of the molecule is O=C(Nc1ccc(C(=O)N2CCCC2)cc1)c1ccco1. The summed E-state index contributed by atoms with van der Waals surface area (Å²) in [4.78, 5) is 25.9. The fourth-order valence-corrected chi connectivity index (χ4v) is 2.40. The Morgan fingerprint density at radius 3 is 2.38 bits per heavy atom. The first-order valence-corrected chi connectivity index (χ1v) is 6.98. The molecule has 1 N–H and O–H groups in total. The number of nitrogens with zero attached hydrogens (tertiary/aromatic N) is 1. The fraction of sp³-hybridized carbons (Fsp3) is 0.250. The van der Waals surface area contributed by atoms with Crippen molar-refractivity contribution in [2.24, 2.45) is 0 Å². The number of furan rings is 1. The van der Waals surface area contributed by atoms with Crippen LogP contribution in [0.1, 0.15) is 33.8 Å². The molecule has 0 spiro atoms. The number of amides is 2. The topological polar surface area (TPSA) is 62.6 Å². The van der Waals surface area contributed by atoms with Crippen LogP contribution in [-0.4, -0.2) is 29.8 Å². The van der Waals surface area contributed by atoms with Crippen LogP contribution in [0, 0.1) is 0 Å². The molecule has 3 rings (SSSR count). The second kappa shape index (κ2) is 5.83. The summed E-state index contributed by atoms with van der Waals surface area (Å²) in [7, 11) is 0. The lowest BCUT2D eigenvalue weighted by Crippen LogP contribution is -2.27. The van der Waals surface area contributed by atoms with Crippen molar-refractivity contribution in [3.05, 3.63) is 54.0 Å². The minimum atomic E-state index is -0.307. The third-order valence-electron chi connectivity index (χ3n) is 3.53. The number of anilines is 1. The van der Waals surface area contributed by atoms with Gasteiger partial charge in [-0.3, -0.25) is 9.59 Å². The molecule has 0 atom stereocenters. The van der Waals surface area contributed by atoms with E-state index in [4.69, 9.17) is 4.42 Å². The standard InChI is InChI=1S/C16H16N2O3/c19-15(14-4-3-11-21-14)17-13-7-5-12(6-8-13)16(20)18-9-1-2-10-18/h3-8,11H,1-2,9-10H2,(H,17,19). The van der Waals surface area contributed by atoms with Crippen LogP contribution >= 0.6 is 0 Å². The molecule has 2 aromatic rings. The highest BCUT2D eigenvalue weighted by Gasteiger charge is 2.19. The lowest BCUT2D eigenvalue weighted by molar-refractivity contribution is 0.0792. The Hall–Kier alpha value is -2.56. The highest BCUT2D eigenvalue weighted by atomic mass is 16.3. The number of hydrogen-bond acceptors (Lipinski definition) is 3. The van der Waals surface area contributed by atoms with Crippen molar-refractivity contribution in [3.63, 3.8) is 0 Å². The van der Waals surface area contributed by atoms with E-state index in [9.17, 15) is 9.59 Å². The molecule has 1 aliphatic rings. The number of benzene rings is 1. The van der Waals surface area contributed by atoms with Crippen molar-refractivity contribution in [1.82, 2.24) is 4.90 Å². The molecule has 0 bridgehead atoms. The first-order chi connectivity index (χ1) is 10.2. The van der Waals surface area contributed by atoms with Crippen LogP contribution < -0.4 is 5.32 Å². The zero-order valence-corrected chi connectivity index (χ0v) is 11.5. The van der Waals surface area contributed by atoms with Gasteiger partial charge in [0.2, 0.25) is 0 Å². The summed E-state index contributed by atoms with van der Waals surface area (Å²) in [5.41, 5.74) is 1.28. The molecule has 21 heavy (non-hydrogen) atoms. The molecule has 0 aliphatic carbocycles. The number of carbonyl (C=O) groups is 2. The first-order valence-electron chi connectivity index (χ1n) is 6.98. The van der Waals surface area contributed by atoms with Crippen molar-refractivity contribution in [1.29, 1.82) is 0 Å². The first kappa shape index (κ1) is 13.4. The molecule has 2 amide bonds. The minimum Gasteiger partial charge on any atom is -0.459 e. The molecule has 5 heteroatoms. The molecule has 5 nitrogen and oxygen atoms in total. The number of likely N-dealkylation sites (tertiary alicyclic amines) is 1. The maximum atomic E-state index is 12.2. The van der Waals surface area contributed by atoms with Crippen LogP contribution in [0.2, 0.25) is 0 Å². The van der Waals surface area contributed by atoms with Gasteiger partial charge in [-0.15, -0.1) is 0 Å². The monoisotopic (exact) mass is 284 g/mol. The molecule has 1 fully saturated rings. The van der Waals surface area contributed by atoms with Gasteiger partial charge in [-0.05, 0) is 49.2 Å². The second-order valence-corrected chi connectivity index (χ2v) is 5.01. The third kappa shape index (κ3) is 2.97. The normalized spacial score (nSPS) is 14.2. The largest absolute Gasteiger partial charge is 0.459 e. The van der Waals surface area contributed by atoms with Gasteiger partial charge >= 0.3 is 0 Å². The molecular weight excluding hydrogens is 268 g/mol. The van der Waals surface area contributed by atoms with Crippen LogP contribution in [0.5, 0.6) is 0 Å². The molecule has 2 heterocycles. The highest BCUT2D eigenvalue weighted by molar-refractivity contribution is 6.02. The van der Waals surface area contributed by atoms with Crippen molar-refractivity contribution in [3.8, 4) is 0 Å². The average molecular weight is 284 g/mol. The van der Waals surface area contributed by atoms with Crippen molar-refractivity contribution >= 4 is 17.5 Å². The van der Waals surface area contributed by atoms with Gasteiger partial charge in [-0.1, -0.05) is 0 Å². The van der Waals surface area contributed by atoms with Crippen LogP contribution in [-0.2, 0) is 0 Å². The summed E-state index contributed by atoms with van der Waals surface area (Å²) in [6.07, 6.45) is 3.60. The molecule has 1 aromatic heterocycles. The zero-order chi connectivity index (χ0) is 14.7. The Morgan fingerprint density at radius 2 is 1.76 bits per heavy atom. The molecular formula is C16H16N2O3. The predicted molar refractivity (Wildman–Crippen MR) is 78.2 cm³/mol. The van der Waals surface area contributed by atoms with Gasteiger partial charge in [-0.2, -0.15) is 0 Å². The maximum absolute atomic E-state index is 12.2. The van der Waals surface area contributed by atoms with Crippen LogP contribution in [0.3, 0.4) is 0 Å². The van der Waals surface area contributed by atoms with Gasteiger partial charge in [0.15, 0.2) is 5.76 Å². The van der Waals surface area contributed by atoms with Crippen LogP contribution in [0.15, 0.2) is 47.1 Å². The molecule has 1 aromatic carbocycles. The summed E-state index contributed by atoms with van der Waals surface area (Å²) in [5.74, 6) is 0.00208. The Kier molecular flexibility index (Phi) is 3.73. The van der Waals surface area contributed by atoms with E-state index in [0.29, 0.717) is 11.3 Å². The van der Waals surface area contributed by atoms with E-state index in [-0.39, 0.29) is 17.6 Å². The number of rotatable bonds is 3. The summed E-state index contributed by atoms with van der Waals surface area (Å²) >= 11 is 0. The minimum absolute atomic E-state index is 0.0522.